The van der Waals surface area contributed by atoms with Gasteiger partial charge in [-0.15, -0.1) is 0 Å². The van der Waals surface area contributed by atoms with Crippen LogP contribution in [0.15, 0.2) is 0 Å². The lowest BCUT2D eigenvalue weighted by molar-refractivity contribution is 0.0185. The number of aliphatic hydroxyl groups is 1. The number of methoxy groups -OCH3 is 1. The lowest BCUT2D eigenvalue weighted by Gasteiger charge is -2.29. The molecule has 2 aliphatic carbocycles. The van der Waals surface area contributed by atoms with E-state index in [0.717, 1.165) is 31.9 Å². The van der Waals surface area contributed by atoms with Crippen molar-refractivity contribution in [1.82, 2.24) is 5.32 Å². The van der Waals surface area contributed by atoms with E-state index in [0.29, 0.717) is 6.04 Å². The van der Waals surface area contributed by atoms with E-state index < -0.39 is 5.60 Å². The average Bonchev–Trinajstić information content (AvgIpc) is 3.12. The molecule has 0 heterocycles. The molecule has 0 amide bonds. The highest BCUT2D eigenvalue weighted by molar-refractivity contribution is 4.90. The first kappa shape index (κ1) is 13.3. The second-order valence-electron chi connectivity index (χ2n) is 5.92. The molecule has 17 heavy (non-hydrogen) atoms. The predicted octanol–water partition coefficient (Wildman–Crippen LogP) is 2.09. The second-order valence-corrected chi connectivity index (χ2v) is 5.92. The zero-order valence-corrected chi connectivity index (χ0v) is 11.1. The van der Waals surface area contributed by atoms with Gasteiger partial charge in [0.25, 0.3) is 0 Å². The minimum absolute atomic E-state index is 0.451. The summed E-state index contributed by atoms with van der Waals surface area (Å²) in [4.78, 5) is 0. The molecule has 0 aliphatic heterocycles. The first-order valence-electron chi connectivity index (χ1n) is 7.18. The van der Waals surface area contributed by atoms with E-state index in [4.69, 9.17) is 4.74 Å². The Kier molecular flexibility index (Phi) is 4.83. The highest BCUT2D eigenvalue weighted by atomic mass is 16.5. The predicted molar refractivity (Wildman–Crippen MR) is 69.0 cm³/mol. The normalized spacial score (nSPS) is 26.5. The van der Waals surface area contributed by atoms with Crippen molar-refractivity contribution in [3.63, 3.8) is 0 Å². The van der Waals surface area contributed by atoms with Gasteiger partial charge in [-0.1, -0.05) is 25.7 Å². The first-order valence-corrected chi connectivity index (χ1v) is 7.18. The SMILES string of the molecule is COCC(NCC1(O)CCCCCC1)C1CC1. The van der Waals surface area contributed by atoms with Gasteiger partial charge in [0.05, 0.1) is 12.2 Å². The molecular formula is C14H27NO2. The molecular weight excluding hydrogens is 214 g/mol. The van der Waals surface area contributed by atoms with Gasteiger partial charge in [0.2, 0.25) is 0 Å². The van der Waals surface area contributed by atoms with Gasteiger partial charge in [0.1, 0.15) is 0 Å². The minimum atomic E-state index is -0.461. The maximum Gasteiger partial charge on any atom is 0.0771 e. The molecule has 0 radical (unpaired) electrons. The quantitative estimate of drug-likeness (QED) is 0.700. The van der Waals surface area contributed by atoms with Crippen molar-refractivity contribution in [3.8, 4) is 0 Å². The summed E-state index contributed by atoms with van der Waals surface area (Å²) in [7, 11) is 1.76. The second kappa shape index (κ2) is 6.17. The Hall–Kier alpha value is -0.120. The molecule has 1 atom stereocenters. The topological polar surface area (TPSA) is 41.5 Å². The number of ether oxygens (including phenoxy) is 1. The summed E-state index contributed by atoms with van der Waals surface area (Å²) in [6, 6.07) is 0.451. The number of hydrogen-bond acceptors (Lipinski definition) is 3. The van der Waals surface area contributed by atoms with Crippen LogP contribution >= 0.6 is 0 Å². The molecule has 2 N–H and O–H groups in total. The molecule has 0 aromatic heterocycles. The van der Waals surface area contributed by atoms with Crippen molar-refractivity contribution in [2.45, 2.75) is 63.0 Å². The van der Waals surface area contributed by atoms with E-state index in [1.54, 1.807) is 7.11 Å². The largest absolute Gasteiger partial charge is 0.389 e. The third kappa shape index (κ3) is 4.23. The summed E-state index contributed by atoms with van der Waals surface area (Å²) >= 11 is 0. The zero-order valence-electron chi connectivity index (χ0n) is 11.1. The van der Waals surface area contributed by atoms with Gasteiger partial charge in [-0.25, -0.2) is 0 Å². The van der Waals surface area contributed by atoms with Crippen molar-refractivity contribution < 1.29 is 9.84 Å². The third-order valence-corrected chi connectivity index (χ3v) is 4.26. The Morgan fingerprint density at radius 2 is 1.88 bits per heavy atom. The Morgan fingerprint density at radius 3 is 2.41 bits per heavy atom. The van der Waals surface area contributed by atoms with Gasteiger partial charge in [-0.3, -0.25) is 0 Å². The molecule has 0 aromatic rings. The van der Waals surface area contributed by atoms with Crippen molar-refractivity contribution in [2.75, 3.05) is 20.3 Å². The van der Waals surface area contributed by atoms with Crippen LogP contribution in [-0.4, -0.2) is 37.0 Å². The van der Waals surface area contributed by atoms with Crippen LogP contribution in [0.4, 0.5) is 0 Å². The van der Waals surface area contributed by atoms with Gasteiger partial charge in [-0.05, 0) is 31.6 Å². The molecule has 2 aliphatic rings. The van der Waals surface area contributed by atoms with Gasteiger partial charge in [0.15, 0.2) is 0 Å². The Labute approximate surface area is 105 Å². The van der Waals surface area contributed by atoms with E-state index in [9.17, 15) is 5.11 Å². The molecule has 3 nitrogen and oxygen atoms in total. The van der Waals surface area contributed by atoms with Crippen LogP contribution in [0.5, 0.6) is 0 Å². The summed E-state index contributed by atoms with van der Waals surface area (Å²) in [5.41, 5.74) is -0.461. The zero-order chi connectivity index (χ0) is 12.1. The monoisotopic (exact) mass is 241 g/mol. The number of rotatable bonds is 6. The van der Waals surface area contributed by atoms with Crippen LogP contribution in [0.1, 0.15) is 51.4 Å². The van der Waals surface area contributed by atoms with E-state index in [-0.39, 0.29) is 0 Å². The number of hydrogen-bond donors (Lipinski definition) is 2. The van der Waals surface area contributed by atoms with Gasteiger partial charge in [0, 0.05) is 19.7 Å². The van der Waals surface area contributed by atoms with Crippen LogP contribution < -0.4 is 5.32 Å². The highest BCUT2D eigenvalue weighted by Crippen LogP contribution is 2.33. The Morgan fingerprint density at radius 1 is 1.24 bits per heavy atom. The summed E-state index contributed by atoms with van der Waals surface area (Å²) in [5, 5.41) is 14.1. The lowest BCUT2D eigenvalue weighted by atomic mass is 9.94. The highest BCUT2D eigenvalue weighted by Gasteiger charge is 2.34. The van der Waals surface area contributed by atoms with Crippen molar-refractivity contribution in [3.05, 3.63) is 0 Å². The molecule has 0 saturated heterocycles. The van der Waals surface area contributed by atoms with Crippen LogP contribution in [0, 0.1) is 5.92 Å². The van der Waals surface area contributed by atoms with Crippen molar-refractivity contribution in [2.24, 2.45) is 5.92 Å². The van der Waals surface area contributed by atoms with Gasteiger partial charge >= 0.3 is 0 Å². The smallest absolute Gasteiger partial charge is 0.0771 e. The fraction of sp³-hybridized carbons (Fsp3) is 1.00. The molecule has 3 heteroatoms. The fourth-order valence-electron chi connectivity index (χ4n) is 2.92. The van der Waals surface area contributed by atoms with E-state index in [1.165, 1.54) is 38.5 Å². The summed E-state index contributed by atoms with van der Waals surface area (Å²) in [6.07, 6.45) is 9.49. The lowest BCUT2D eigenvalue weighted by Crippen LogP contribution is -2.46. The van der Waals surface area contributed by atoms with Crippen LogP contribution in [0.2, 0.25) is 0 Å². The van der Waals surface area contributed by atoms with E-state index >= 15 is 0 Å². The van der Waals surface area contributed by atoms with Gasteiger partial charge < -0.3 is 15.2 Å². The molecule has 0 aromatic carbocycles. The molecule has 100 valence electrons. The molecule has 0 bridgehead atoms. The standard InChI is InChI=1S/C14H27NO2/c1-17-10-13(12-6-7-12)15-11-14(16)8-4-2-3-5-9-14/h12-13,15-16H,2-11H2,1H3. The molecule has 2 rings (SSSR count). The maximum atomic E-state index is 10.6. The Bertz CT molecular complexity index is 220. The molecule has 0 spiro atoms. The van der Waals surface area contributed by atoms with Crippen LogP contribution in [0.3, 0.4) is 0 Å². The Balaban J connectivity index is 1.77. The molecule has 1 unspecified atom stereocenters. The number of nitrogens with one attached hydrogen (secondary N) is 1. The summed E-state index contributed by atoms with van der Waals surface area (Å²) in [6.45, 7) is 1.53. The van der Waals surface area contributed by atoms with E-state index in [2.05, 4.69) is 5.32 Å². The van der Waals surface area contributed by atoms with Crippen LogP contribution in [0.25, 0.3) is 0 Å². The molecule has 2 saturated carbocycles. The van der Waals surface area contributed by atoms with Crippen molar-refractivity contribution in [1.29, 1.82) is 0 Å². The van der Waals surface area contributed by atoms with E-state index in [1.807, 2.05) is 0 Å². The first-order chi connectivity index (χ1) is 8.23. The van der Waals surface area contributed by atoms with Crippen LogP contribution in [-0.2, 0) is 4.74 Å². The fourth-order valence-corrected chi connectivity index (χ4v) is 2.92. The molecule has 2 fully saturated rings. The average molecular weight is 241 g/mol. The third-order valence-electron chi connectivity index (χ3n) is 4.26. The van der Waals surface area contributed by atoms with Gasteiger partial charge in [-0.2, -0.15) is 0 Å². The summed E-state index contributed by atoms with van der Waals surface area (Å²) in [5.74, 6) is 0.782. The maximum absolute atomic E-state index is 10.6. The summed E-state index contributed by atoms with van der Waals surface area (Å²) < 4.78 is 5.26. The minimum Gasteiger partial charge on any atom is -0.389 e. The van der Waals surface area contributed by atoms with Crippen molar-refractivity contribution >= 4 is 0 Å².